The molecule has 4 nitrogen and oxygen atoms in total. The number of aromatic nitrogens is 3. The second kappa shape index (κ2) is 6.19. The van der Waals surface area contributed by atoms with Gasteiger partial charge in [-0.15, -0.1) is 0 Å². The van der Waals surface area contributed by atoms with Crippen LogP contribution in [0.3, 0.4) is 0 Å². The van der Waals surface area contributed by atoms with Gasteiger partial charge < -0.3 is 5.11 Å². The Kier molecular flexibility index (Phi) is 4.34. The third kappa shape index (κ3) is 3.32. The lowest BCUT2D eigenvalue weighted by atomic mass is 10.1. The van der Waals surface area contributed by atoms with Crippen molar-refractivity contribution in [3.63, 3.8) is 0 Å². The molecule has 1 N–H and O–H groups in total. The summed E-state index contributed by atoms with van der Waals surface area (Å²) in [5.41, 5.74) is 1.89. The number of hydrogen-bond acceptors (Lipinski definition) is 3. The summed E-state index contributed by atoms with van der Waals surface area (Å²) in [7, 11) is 0. The normalized spacial score (nSPS) is 10.7. The van der Waals surface area contributed by atoms with E-state index in [1.807, 2.05) is 17.1 Å². The van der Waals surface area contributed by atoms with Crippen molar-refractivity contribution in [2.75, 3.05) is 0 Å². The van der Waals surface area contributed by atoms with Crippen LogP contribution in [0.25, 0.3) is 11.1 Å². The van der Waals surface area contributed by atoms with Gasteiger partial charge in [0.2, 0.25) is 0 Å². The Morgan fingerprint density at radius 2 is 2.00 bits per heavy atom. The van der Waals surface area contributed by atoms with Gasteiger partial charge in [-0.25, -0.2) is 0 Å². The van der Waals surface area contributed by atoms with E-state index in [1.54, 1.807) is 12.3 Å². The topological polar surface area (TPSA) is 50.9 Å². The lowest BCUT2D eigenvalue weighted by molar-refractivity contribution is 0.473. The van der Waals surface area contributed by atoms with Crippen LogP contribution in [0.2, 0.25) is 0 Å². The molecule has 0 atom stereocenters. The van der Waals surface area contributed by atoms with Crippen LogP contribution in [0.4, 0.5) is 0 Å². The smallest absolute Gasteiger partial charge is 0.134 e. The van der Waals surface area contributed by atoms with Crippen molar-refractivity contribution in [2.45, 2.75) is 39.2 Å². The predicted octanol–water partition coefficient (Wildman–Crippen LogP) is 3.23. The van der Waals surface area contributed by atoms with E-state index in [-0.39, 0.29) is 5.75 Å². The van der Waals surface area contributed by atoms with Gasteiger partial charge in [0.15, 0.2) is 0 Å². The highest BCUT2D eigenvalue weighted by Gasteiger charge is 2.03. The van der Waals surface area contributed by atoms with Gasteiger partial charge in [-0.3, -0.25) is 9.67 Å². The number of unbranched alkanes of at least 4 members (excludes halogenated alkanes) is 3. The van der Waals surface area contributed by atoms with Gasteiger partial charge in [0.25, 0.3) is 0 Å². The van der Waals surface area contributed by atoms with Gasteiger partial charge in [-0.1, -0.05) is 26.2 Å². The van der Waals surface area contributed by atoms with Crippen LogP contribution >= 0.6 is 0 Å². The van der Waals surface area contributed by atoms with E-state index < -0.39 is 0 Å². The molecule has 4 heteroatoms. The van der Waals surface area contributed by atoms with E-state index >= 15 is 0 Å². The average Bonchev–Trinajstić information content (AvgIpc) is 2.83. The maximum Gasteiger partial charge on any atom is 0.134 e. The molecule has 2 aromatic rings. The number of hydrogen-bond donors (Lipinski definition) is 1. The zero-order chi connectivity index (χ0) is 12.8. The Balaban J connectivity index is 1.97. The first-order chi connectivity index (χ1) is 8.79. The highest BCUT2D eigenvalue weighted by atomic mass is 16.3. The molecule has 0 spiro atoms. The van der Waals surface area contributed by atoms with Crippen molar-refractivity contribution in [2.24, 2.45) is 0 Å². The molecule has 2 aromatic heterocycles. The van der Waals surface area contributed by atoms with Crippen molar-refractivity contribution in [3.8, 4) is 16.9 Å². The minimum absolute atomic E-state index is 0.184. The van der Waals surface area contributed by atoms with Crippen molar-refractivity contribution in [1.82, 2.24) is 14.8 Å². The molecule has 0 saturated carbocycles. The molecule has 0 unspecified atom stereocenters. The molecule has 0 aliphatic carbocycles. The number of aromatic hydroxyl groups is 1. The van der Waals surface area contributed by atoms with E-state index in [2.05, 4.69) is 17.0 Å². The quantitative estimate of drug-likeness (QED) is 0.795. The maximum absolute atomic E-state index is 9.39. The molecule has 0 aromatic carbocycles. The van der Waals surface area contributed by atoms with Gasteiger partial charge in [-0.05, 0) is 12.5 Å². The zero-order valence-corrected chi connectivity index (χ0v) is 10.7. The summed E-state index contributed by atoms with van der Waals surface area (Å²) < 4.78 is 1.95. The van der Waals surface area contributed by atoms with Crippen LogP contribution in [0, 0.1) is 0 Å². The standard InChI is InChI=1S/C14H19N3O/c1-2-3-4-5-6-17-11-13(9-16-17)12-7-14(18)10-15-8-12/h7-11,18H,2-6H2,1H3. The number of rotatable bonds is 6. The molecule has 96 valence electrons. The molecule has 2 rings (SSSR count). The summed E-state index contributed by atoms with van der Waals surface area (Å²) in [6, 6.07) is 1.70. The van der Waals surface area contributed by atoms with Crippen LogP contribution in [0.1, 0.15) is 32.6 Å². The first kappa shape index (κ1) is 12.6. The third-order valence-corrected chi connectivity index (χ3v) is 2.93. The van der Waals surface area contributed by atoms with E-state index in [4.69, 9.17) is 0 Å². The summed E-state index contributed by atoms with van der Waals surface area (Å²) >= 11 is 0. The highest BCUT2D eigenvalue weighted by Crippen LogP contribution is 2.21. The fourth-order valence-electron chi connectivity index (χ4n) is 1.92. The fraction of sp³-hybridized carbons (Fsp3) is 0.429. The summed E-state index contributed by atoms with van der Waals surface area (Å²) in [5, 5.41) is 13.7. The molecule has 0 fully saturated rings. The second-order valence-electron chi connectivity index (χ2n) is 4.48. The Morgan fingerprint density at radius 1 is 1.11 bits per heavy atom. The Labute approximate surface area is 107 Å². The minimum atomic E-state index is 0.184. The number of nitrogens with zero attached hydrogens (tertiary/aromatic N) is 3. The number of aryl methyl sites for hydroxylation is 1. The fourth-order valence-corrected chi connectivity index (χ4v) is 1.92. The molecule has 0 saturated heterocycles. The van der Waals surface area contributed by atoms with Crippen molar-refractivity contribution < 1.29 is 5.11 Å². The molecule has 0 aliphatic heterocycles. The van der Waals surface area contributed by atoms with Crippen LogP contribution in [0.5, 0.6) is 5.75 Å². The number of pyridine rings is 1. The zero-order valence-electron chi connectivity index (χ0n) is 10.7. The first-order valence-electron chi connectivity index (χ1n) is 6.46. The average molecular weight is 245 g/mol. The largest absolute Gasteiger partial charge is 0.506 e. The van der Waals surface area contributed by atoms with Gasteiger partial charge in [0.05, 0.1) is 12.4 Å². The molecule has 0 amide bonds. The lowest BCUT2D eigenvalue weighted by Gasteiger charge is -2.00. The van der Waals surface area contributed by atoms with Crippen molar-refractivity contribution in [1.29, 1.82) is 0 Å². The van der Waals surface area contributed by atoms with Crippen molar-refractivity contribution in [3.05, 3.63) is 30.9 Å². The van der Waals surface area contributed by atoms with Gasteiger partial charge in [0.1, 0.15) is 5.75 Å². The Hall–Kier alpha value is -1.84. The van der Waals surface area contributed by atoms with E-state index in [9.17, 15) is 5.11 Å². The highest BCUT2D eigenvalue weighted by molar-refractivity contribution is 5.61. The third-order valence-electron chi connectivity index (χ3n) is 2.93. The van der Waals surface area contributed by atoms with Gasteiger partial charge in [-0.2, -0.15) is 5.10 Å². The van der Waals surface area contributed by atoms with Crippen LogP contribution in [-0.4, -0.2) is 19.9 Å². The monoisotopic (exact) mass is 245 g/mol. The Bertz CT molecular complexity index is 493. The summed E-state index contributed by atoms with van der Waals surface area (Å²) in [6.45, 7) is 3.16. The van der Waals surface area contributed by atoms with Gasteiger partial charge >= 0.3 is 0 Å². The summed E-state index contributed by atoms with van der Waals surface area (Å²) in [6.07, 6.45) is 11.9. The molecular weight excluding hydrogens is 226 g/mol. The molecule has 0 aliphatic rings. The molecular formula is C14H19N3O. The first-order valence-corrected chi connectivity index (χ1v) is 6.46. The van der Waals surface area contributed by atoms with E-state index in [0.717, 1.165) is 24.1 Å². The van der Waals surface area contributed by atoms with Crippen molar-refractivity contribution >= 4 is 0 Å². The maximum atomic E-state index is 9.39. The second-order valence-corrected chi connectivity index (χ2v) is 4.48. The van der Waals surface area contributed by atoms with E-state index in [0.29, 0.717) is 0 Å². The van der Waals surface area contributed by atoms with Gasteiger partial charge in [0, 0.05) is 30.1 Å². The SMILES string of the molecule is CCCCCCn1cc(-c2cncc(O)c2)cn1. The van der Waals surface area contributed by atoms with Crippen LogP contribution < -0.4 is 0 Å². The molecule has 2 heterocycles. The summed E-state index contributed by atoms with van der Waals surface area (Å²) in [5.74, 6) is 0.184. The summed E-state index contributed by atoms with van der Waals surface area (Å²) in [4.78, 5) is 3.97. The van der Waals surface area contributed by atoms with Crippen LogP contribution in [0.15, 0.2) is 30.9 Å². The minimum Gasteiger partial charge on any atom is -0.506 e. The molecule has 0 radical (unpaired) electrons. The van der Waals surface area contributed by atoms with E-state index in [1.165, 1.54) is 25.5 Å². The lowest BCUT2D eigenvalue weighted by Crippen LogP contribution is -1.97. The Morgan fingerprint density at radius 3 is 2.78 bits per heavy atom. The predicted molar refractivity (Wildman–Crippen MR) is 71.3 cm³/mol. The molecule has 0 bridgehead atoms. The molecule has 18 heavy (non-hydrogen) atoms. The van der Waals surface area contributed by atoms with Crippen LogP contribution in [-0.2, 0) is 6.54 Å².